The second kappa shape index (κ2) is 9.33. The monoisotopic (exact) mass is 394 g/mol. The molecule has 0 unspecified atom stereocenters. The molecule has 0 saturated heterocycles. The lowest BCUT2D eigenvalue weighted by Crippen LogP contribution is -1.99. The summed E-state index contributed by atoms with van der Waals surface area (Å²) >= 11 is 4.72. The van der Waals surface area contributed by atoms with Crippen molar-refractivity contribution in [2.45, 2.75) is 25.2 Å². The molecule has 25 heavy (non-hydrogen) atoms. The SMILES string of the molecule is CC(C)CC(=O)O.CSNc1ccc2sc3cc(SN)ccc3c2c1. The Morgan fingerprint density at radius 3 is 2.52 bits per heavy atom. The number of anilines is 1. The number of fused-ring (bicyclic) bond motifs is 3. The van der Waals surface area contributed by atoms with Gasteiger partial charge in [0.25, 0.3) is 0 Å². The van der Waals surface area contributed by atoms with Gasteiger partial charge in [-0.2, -0.15) is 0 Å². The van der Waals surface area contributed by atoms with Crippen molar-refractivity contribution in [3.05, 3.63) is 36.4 Å². The fraction of sp³-hybridized carbons (Fsp3) is 0.278. The Morgan fingerprint density at radius 1 is 1.20 bits per heavy atom. The van der Waals surface area contributed by atoms with Gasteiger partial charge < -0.3 is 9.83 Å². The third-order valence-electron chi connectivity index (χ3n) is 3.38. The van der Waals surface area contributed by atoms with Gasteiger partial charge in [0.2, 0.25) is 0 Å². The summed E-state index contributed by atoms with van der Waals surface area (Å²) in [7, 11) is 0. The summed E-state index contributed by atoms with van der Waals surface area (Å²) in [6, 6.07) is 12.9. The first-order chi connectivity index (χ1) is 11.9. The summed E-state index contributed by atoms with van der Waals surface area (Å²) in [5.74, 6) is -0.438. The molecule has 1 aromatic heterocycles. The van der Waals surface area contributed by atoms with E-state index in [1.54, 1.807) is 11.9 Å². The highest BCUT2D eigenvalue weighted by Crippen LogP contribution is 2.37. The molecule has 0 spiro atoms. The summed E-state index contributed by atoms with van der Waals surface area (Å²) in [4.78, 5) is 10.9. The molecule has 7 heteroatoms. The van der Waals surface area contributed by atoms with Gasteiger partial charge >= 0.3 is 5.97 Å². The van der Waals surface area contributed by atoms with Crippen LogP contribution in [0.2, 0.25) is 0 Å². The van der Waals surface area contributed by atoms with Crippen molar-refractivity contribution in [1.82, 2.24) is 0 Å². The molecule has 0 aliphatic heterocycles. The number of carboxylic acids is 1. The molecule has 0 saturated carbocycles. The van der Waals surface area contributed by atoms with Crippen LogP contribution in [0.25, 0.3) is 20.2 Å². The van der Waals surface area contributed by atoms with E-state index in [4.69, 9.17) is 10.2 Å². The molecular formula is C18H22N2O2S3. The molecule has 0 atom stereocenters. The van der Waals surface area contributed by atoms with E-state index in [0.29, 0.717) is 0 Å². The van der Waals surface area contributed by atoms with Gasteiger partial charge in [-0.25, -0.2) is 0 Å². The smallest absolute Gasteiger partial charge is 0.303 e. The van der Waals surface area contributed by atoms with Crippen molar-refractivity contribution in [3.63, 3.8) is 0 Å². The predicted octanol–water partition coefficient (Wildman–Crippen LogP) is 5.83. The van der Waals surface area contributed by atoms with Crippen LogP contribution in [0.4, 0.5) is 5.69 Å². The molecule has 1 heterocycles. The molecule has 2 aromatic carbocycles. The highest BCUT2D eigenvalue weighted by Gasteiger charge is 2.06. The number of hydrogen-bond donors (Lipinski definition) is 3. The van der Waals surface area contributed by atoms with Crippen LogP contribution in [0.5, 0.6) is 0 Å². The lowest BCUT2D eigenvalue weighted by atomic mass is 10.1. The number of hydrogen-bond acceptors (Lipinski definition) is 6. The van der Waals surface area contributed by atoms with Gasteiger partial charge in [-0.3, -0.25) is 9.93 Å². The zero-order valence-electron chi connectivity index (χ0n) is 14.4. The number of rotatable bonds is 5. The molecule has 0 bridgehead atoms. The van der Waals surface area contributed by atoms with E-state index >= 15 is 0 Å². The Bertz CT molecular complexity index is 862. The van der Waals surface area contributed by atoms with Gasteiger partial charge in [0.05, 0.1) is 0 Å². The van der Waals surface area contributed by atoms with Crippen molar-refractivity contribution in [2.75, 3.05) is 11.0 Å². The van der Waals surface area contributed by atoms with E-state index in [1.807, 2.05) is 31.4 Å². The average Bonchev–Trinajstić information content (AvgIpc) is 2.91. The summed E-state index contributed by atoms with van der Waals surface area (Å²) < 4.78 is 5.88. The van der Waals surface area contributed by atoms with Gasteiger partial charge in [-0.1, -0.05) is 31.9 Å². The van der Waals surface area contributed by atoms with Crippen LogP contribution >= 0.6 is 35.2 Å². The quantitative estimate of drug-likeness (QED) is 0.473. The van der Waals surface area contributed by atoms with Crippen LogP contribution in [-0.2, 0) is 4.79 Å². The maximum absolute atomic E-state index is 9.81. The topological polar surface area (TPSA) is 75.3 Å². The largest absolute Gasteiger partial charge is 0.481 e. The Hall–Kier alpha value is -1.41. The van der Waals surface area contributed by atoms with Crippen LogP contribution in [0.1, 0.15) is 20.3 Å². The minimum Gasteiger partial charge on any atom is -0.481 e. The zero-order chi connectivity index (χ0) is 18.4. The number of benzene rings is 2. The van der Waals surface area contributed by atoms with Gasteiger partial charge in [0, 0.05) is 43.4 Å². The third kappa shape index (κ3) is 5.54. The van der Waals surface area contributed by atoms with Crippen molar-refractivity contribution in [1.29, 1.82) is 0 Å². The van der Waals surface area contributed by atoms with Crippen molar-refractivity contribution in [3.8, 4) is 0 Å². The Morgan fingerprint density at radius 2 is 1.96 bits per heavy atom. The fourth-order valence-corrected chi connectivity index (χ4v) is 4.26. The highest BCUT2D eigenvalue weighted by molar-refractivity contribution is 7.99. The molecule has 0 aliphatic carbocycles. The van der Waals surface area contributed by atoms with E-state index in [0.717, 1.165) is 10.6 Å². The van der Waals surface area contributed by atoms with E-state index in [2.05, 4.69) is 41.1 Å². The van der Waals surface area contributed by atoms with Gasteiger partial charge in [0.1, 0.15) is 0 Å². The van der Waals surface area contributed by atoms with Crippen molar-refractivity contribution in [2.24, 2.45) is 11.1 Å². The van der Waals surface area contributed by atoms with Gasteiger partial charge in [0.15, 0.2) is 0 Å². The standard InChI is InChI=1S/C13H12N2S3.C5H10O2/c1-16-15-8-2-5-12-11(6-8)10-4-3-9(18-14)7-13(10)17-12;1-4(2)3-5(6)7/h2-7,15H,14H2,1H3;4H,3H2,1-2H3,(H,6,7). The summed E-state index contributed by atoms with van der Waals surface area (Å²) in [6.45, 7) is 3.77. The predicted molar refractivity (Wildman–Crippen MR) is 114 cm³/mol. The first-order valence-corrected chi connectivity index (χ1v) is 10.7. The molecule has 0 amide bonds. The van der Waals surface area contributed by atoms with Crippen LogP contribution in [0, 0.1) is 5.92 Å². The second-order valence-electron chi connectivity index (χ2n) is 5.89. The molecule has 0 fully saturated rings. The Balaban J connectivity index is 0.000000277. The molecule has 3 rings (SSSR count). The first kappa shape index (κ1) is 19.9. The normalized spacial score (nSPS) is 10.8. The van der Waals surface area contributed by atoms with Crippen LogP contribution in [-0.4, -0.2) is 17.3 Å². The summed E-state index contributed by atoms with van der Waals surface area (Å²) in [5, 5.41) is 16.3. The van der Waals surface area contributed by atoms with E-state index in [-0.39, 0.29) is 12.3 Å². The zero-order valence-corrected chi connectivity index (χ0v) is 16.9. The van der Waals surface area contributed by atoms with Crippen LogP contribution < -0.4 is 9.86 Å². The minimum absolute atomic E-state index is 0.275. The van der Waals surface area contributed by atoms with E-state index in [1.165, 1.54) is 32.1 Å². The molecule has 0 aliphatic rings. The number of aliphatic carboxylic acids is 1. The molecule has 0 radical (unpaired) electrons. The Labute approximate surface area is 160 Å². The molecule has 4 N–H and O–H groups in total. The summed E-state index contributed by atoms with van der Waals surface area (Å²) in [5.41, 5.74) is 1.15. The van der Waals surface area contributed by atoms with Crippen molar-refractivity contribution < 1.29 is 9.90 Å². The lowest BCUT2D eigenvalue weighted by molar-refractivity contribution is -0.137. The first-order valence-electron chi connectivity index (χ1n) is 7.78. The molecule has 134 valence electrons. The maximum Gasteiger partial charge on any atom is 0.303 e. The number of carboxylic acid groups (broad SMARTS) is 1. The molecular weight excluding hydrogens is 372 g/mol. The summed E-state index contributed by atoms with van der Waals surface area (Å²) in [6.07, 6.45) is 2.31. The van der Waals surface area contributed by atoms with E-state index < -0.39 is 5.97 Å². The third-order valence-corrected chi connectivity index (χ3v) is 5.48. The number of nitrogens with one attached hydrogen (secondary N) is 1. The average molecular weight is 395 g/mol. The number of carbonyl (C=O) groups is 1. The highest BCUT2D eigenvalue weighted by atomic mass is 32.2. The Kier molecular flexibility index (Phi) is 7.43. The molecule has 4 nitrogen and oxygen atoms in total. The molecule has 3 aromatic rings. The van der Waals surface area contributed by atoms with Crippen LogP contribution in [0.3, 0.4) is 0 Å². The number of nitrogens with two attached hydrogens (primary N) is 1. The van der Waals surface area contributed by atoms with Gasteiger partial charge in [-0.05, 0) is 48.2 Å². The minimum atomic E-state index is -0.713. The fourth-order valence-electron chi connectivity index (χ4n) is 2.36. The lowest BCUT2D eigenvalue weighted by Gasteiger charge is -2.01. The number of thiophene rings is 1. The van der Waals surface area contributed by atoms with Gasteiger partial charge in [-0.15, -0.1) is 11.3 Å². The maximum atomic E-state index is 9.81. The van der Waals surface area contributed by atoms with Crippen molar-refractivity contribution >= 4 is 67.1 Å². The second-order valence-corrected chi connectivity index (χ2v) is 8.29. The van der Waals surface area contributed by atoms with Crippen LogP contribution in [0.15, 0.2) is 41.3 Å². The van der Waals surface area contributed by atoms with E-state index in [9.17, 15) is 4.79 Å².